The smallest absolute Gasteiger partial charge is 0.254 e. The third-order valence-electron chi connectivity index (χ3n) is 7.72. The van der Waals surface area contributed by atoms with Crippen LogP contribution < -0.4 is 21.5 Å². The fourth-order valence-electron chi connectivity index (χ4n) is 4.92. The second-order valence-corrected chi connectivity index (χ2v) is 10.8. The van der Waals surface area contributed by atoms with E-state index in [4.69, 9.17) is 21.2 Å². The molecule has 1 aliphatic carbocycles. The van der Waals surface area contributed by atoms with Crippen molar-refractivity contribution in [1.82, 2.24) is 10.3 Å². The van der Waals surface area contributed by atoms with Gasteiger partial charge in [0.2, 0.25) is 5.91 Å². The minimum atomic E-state index is -1.58. The van der Waals surface area contributed by atoms with Crippen molar-refractivity contribution in [1.29, 1.82) is 0 Å². The number of benzene rings is 2. The van der Waals surface area contributed by atoms with Crippen molar-refractivity contribution in [3.63, 3.8) is 0 Å². The second-order valence-electron chi connectivity index (χ2n) is 10.8. The number of carbonyl (C=O) groups is 2. The number of hydrogen-bond donors (Lipinski definition) is 4. The highest BCUT2D eigenvalue weighted by molar-refractivity contribution is 6.13. The molecule has 1 aliphatic heterocycles. The highest BCUT2D eigenvalue weighted by Crippen LogP contribution is 2.49. The van der Waals surface area contributed by atoms with Gasteiger partial charge in [0.05, 0.1) is 23.5 Å². The minimum absolute atomic E-state index is 0.000266. The Kier molecular flexibility index (Phi) is 7.35. The summed E-state index contributed by atoms with van der Waals surface area (Å²) < 4.78 is 19.6. The van der Waals surface area contributed by atoms with E-state index in [9.17, 15) is 19.1 Å². The topological polar surface area (TPSA) is 153 Å². The SMILES string of the molecule is CC(N)=C(C=Nc1ccccc1)C(=O)NC[C@](O)(c1cc2c(c(-c3ccc(F)cc3)n1)OC[C@]2(C)C(N)=O)C1CC1. The summed E-state index contributed by atoms with van der Waals surface area (Å²) in [4.78, 5) is 34.9. The van der Waals surface area contributed by atoms with Gasteiger partial charge in [0.15, 0.2) is 0 Å². The number of halogens is 1. The number of primary amides is 1. The predicted octanol–water partition coefficient (Wildman–Crippen LogP) is 3.37. The number of aliphatic imine (C=N–C) groups is 1. The number of carbonyl (C=O) groups excluding carboxylic acids is 2. The molecule has 212 valence electrons. The van der Waals surface area contributed by atoms with Gasteiger partial charge in [-0.2, -0.15) is 0 Å². The molecule has 1 fully saturated rings. The van der Waals surface area contributed by atoms with Crippen LogP contribution in [0.5, 0.6) is 5.75 Å². The van der Waals surface area contributed by atoms with E-state index in [1.54, 1.807) is 44.2 Å². The molecular weight excluding hydrogens is 525 g/mol. The number of nitrogens with zero attached hydrogens (tertiary/aromatic N) is 2. The van der Waals surface area contributed by atoms with Gasteiger partial charge in [0.1, 0.15) is 34.9 Å². The Morgan fingerprint density at radius 3 is 2.49 bits per heavy atom. The Bertz CT molecular complexity index is 1550. The van der Waals surface area contributed by atoms with Crippen LogP contribution in [-0.4, -0.2) is 41.3 Å². The van der Waals surface area contributed by atoms with Crippen LogP contribution >= 0.6 is 0 Å². The molecule has 41 heavy (non-hydrogen) atoms. The summed E-state index contributed by atoms with van der Waals surface area (Å²) in [5, 5.41) is 14.9. The van der Waals surface area contributed by atoms with Gasteiger partial charge in [-0.25, -0.2) is 9.37 Å². The first-order chi connectivity index (χ1) is 19.5. The van der Waals surface area contributed by atoms with Crippen molar-refractivity contribution in [3.05, 3.63) is 89.0 Å². The van der Waals surface area contributed by atoms with Gasteiger partial charge in [0.25, 0.3) is 5.91 Å². The van der Waals surface area contributed by atoms with Gasteiger partial charge in [0, 0.05) is 23.0 Å². The average molecular weight is 558 g/mol. The van der Waals surface area contributed by atoms with Crippen molar-refractivity contribution in [3.8, 4) is 17.0 Å². The molecule has 2 heterocycles. The maximum Gasteiger partial charge on any atom is 0.254 e. The first-order valence-corrected chi connectivity index (χ1v) is 13.3. The molecule has 0 radical (unpaired) electrons. The first-order valence-electron chi connectivity index (χ1n) is 13.3. The normalized spacial score (nSPS) is 20.1. The van der Waals surface area contributed by atoms with Crippen molar-refractivity contribution in [2.45, 2.75) is 37.7 Å². The van der Waals surface area contributed by atoms with Gasteiger partial charge in [-0.1, -0.05) is 18.2 Å². The Labute approximate surface area is 237 Å². The van der Waals surface area contributed by atoms with Crippen LogP contribution in [0.25, 0.3) is 11.3 Å². The van der Waals surface area contributed by atoms with E-state index in [1.807, 2.05) is 18.2 Å². The quantitative estimate of drug-likeness (QED) is 0.234. The number of para-hydroxylation sites is 1. The van der Waals surface area contributed by atoms with Crippen molar-refractivity contribution in [2.75, 3.05) is 13.2 Å². The number of fused-ring (bicyclic) bond motifs is 1. The number of allylic oxidation sites excluding steroid dienone is 1. The number of aromatic nitrogens is 1. The van der Waals surface area contributed by atoms with Crippen molar-refractivity contribution < 1.29 is 23.8 Å². The Morgan fingerprint density at radius 1 is 1.20 bits per heavy atom. The molecule has 10 heteroatoms. The van der Waals surface area contributed by atoms with Crippen LogP contribution in [0.1, 0.15) is 37.9 Å². The molecule has 0 unspecified atom stereocenters. The third-order valence-corrected chi connectivity index (χ3v) is 7.72. The fraction of sp³-hybridized carbons (Fsp3) is 0.290. The molecule has 6 N–H and O–H groups in total. The van der Waals surface area contributed by atoms with Gasteiger partial charge in [-0.15, -0.1) is 0 Å². The number of rotatable bonds is 9. The molecule has 3 aromatic rings. The van der Waals surface area contributed by atoms with Crippen LogP contribution in [0.15, 0.2) is 76.9 Å². The molecule has 5 rings (SSSR count). The zero-order valence-corrected chi connectivity index (χ0v) is 22.9. The molecule has 2 amide bonds. The number of pyridine rings is 1. The summed E-state index contributed by atoms with van der Waals surface area (Å²) in [6.07, 6.45) is 2.83. The van der Waals surface area contributed by atoms with Crippen LogP contribution in [0, 0.1) is 11.7 Å². The largest absolute Gasteiger partial charge is 0.489 e. The first kappa shape index (κ1) is 28.0. The highest BCUT2D eigenvalue weighted by Gasteiger charge is 2.50. The summed E-state index contributed by atoms with van der Waals surface area (Å²) in [6, 6.07) is 16.5. The van der Waals surface area contributed by atoms with E-state index in [2.05, 4.69) is 10.3 Å². The predicted molar refractivity (Wildman–Crippen MR) is 153 cm³/mol. The third kappa shape index (κ3) is 5.43. The van der Waals surface area contributed by atoms with Crippen LogP contribution in [0.2, 0.25) is 0 Å². The number of ether oxygens (including phenoxy) is 1. The molecule has 0 saturated heterocycles. The molecular formula is C31H32FN5O4. The maximum atomic E-state index is 13.7. The highest BCUT2D eigenvalue weighted by atomic mass is 19.1. The lowest BCUT2D eigenvalue weighted by Crippen LogP contribution is -2.44. The van der Waals surface area contributed by atoms with E-state index >= 15 is 0 Å². The average Bonchev–Trinajstić information content (AvgIpc) is 3.76. The summed E-state index contributed by atoms with van der Waals surface area (Å²) in [5.41, 5.74) is 11.7. The van der Waals surface area contributed by atoms with Gasteiger partial charge >= 0.3 is 0 Å². The fourth-order valence-corrected chi connectivity index (χ4v) is 4.92. The van der Waals surface area contributed by atoms with Gasteiger partial charge < -0.3 is 26.6 Å². The second kappa shape index (κ2) is 10.8. The summed E-state index contributed by atoms with van der Waals surface area (Å²) in [7, 11) is 0. The van der Waals surface area contributed by atoms with Crippen LogP contribution in [0.4, 0.5) is 10.1 Å². The molecule has 2 atom stereocenters. The Hall–Kier alpha value is -4.57. The number of aliphatic hydroxyl groups is 1. The summed E-state index contributed by atoms with van der Waals surface area (Å²) in [6.45, 7) is 3.10. The maximum absolute atomic E-state index is 13.7. The van der Waals surface area contributed by atoms with Gasteiger partial charge in [-0.05, 0) is 75.1 Å². The van der Waals surface area contributed by atoms with E-state index in [1.165, 1.54) is 18.3 Å². The zero-order valence-electron chi connectivity index (χ0n) is 22.9. The molecule has 9 nitrogen and oxygen atoms in total. The number of nitrogens with one attached hydrogen (secondary N) is 1. The lowest BCUT2D eigenvalue weighted by atomic mass is 9.81. The van der Waals surface area contributed by atoms with Crippen LogP contribution in [0.3, 0.4) is 0 Å². The van der Waals surface area contributed by atoms with Gasteiger partial charge in [-0.3, -0.25) is 14.6 Å². The number of nitrogens with two attached hydrogens (primary N) is 2. The number of amides is 2. The number of hydrogen-bond acceptors (Lipinski definition) is 7. The molecule has 0 spiro atoms. The van der Waals surface area contributed by atoms with E-state index in [0.717, 1.165) is 0 Å². The Balaban J connectivity index is 1.51. The van der Waals surface area contributed by atoms with E-state index in [-0.39, 0.29) is 36.0 Å². The lowest BCUT2D eigenvalue weighted by Gasteiger charge is -2.30. The summed E-state index contributed by atoms with van der Waals surface area (Å²) in [5.74, 6) is -1.36. The van der Waals surface area contributed by atoms with E-state index in [0.29, 0.717) is 41.1 Å². The minimum Gasteiger partial charge on any atom is -0.489 e. The monoisotopic (exact) mass is 557 g/mol. The van der Waals surface area contributed by atoms with E-state index < -0.39 is 28.6 Å². The zero-order chi connectivity index (χ0) is 29.4. The Morgan fingerprint density at radius 2 is 1.88 bits per heavy atom. The molecule has 1 saturated carbocycles. The molecule has 2 aliphatic rings. The standard InChI is InChI=1S/C31H32FN5O4/c1-18(33)23(15-35-22-6-4-3-5-7-22)28(38)36-16-31(40,20-10-11-20)25-14-24-27(41-17-30(24,2)29(34)39)26(37-25)19-8-12-21(32)13-9-19/h3-9,12-15,20,40H,10-11,16-17,33H2,1-2H3,(H2,34,39)(H,36,38)/t30-,31+/m0/s1. The van der Waals surface area contributed by atoms with Crippen molar-refractivity contribution >= 4 is 23.7 Å². The lowest BCUT2D eigenvalue weighted by molar-refractivity contribution is -0.123. The molecule has 0 bridgehead atoms. The van der Waals surface area contributed by atoms with Crippen molar-refractivity contribution in [2.24, 2.45) is 22.4 Å². The van der Waals surface area contributed by atoms with Crippen LogP contribution in [-0.2, 0) is 20.6 Å². The molecule has 1 aromatic heterocycles. The molecule has 2 aromatic carbocycles. The summed E-state index contributed by atoms with van der Waals surface area (Å²) >= 11 is 0.